The van der Waals surface area contributed by atoms with E-state index in [1.807, 2.05) is 32.9 Å². The number of hydrogen-bond donors (Lipinski definition) is 0. The number of ketones is 1. The zero-order valence-corrected chi connectivity index (χ0v) is 11.5. The summed E-state index contributed by atoms with van der Waals surface area (Å²) < 4.78 is 5.69. The van der Waals surface area contributed by atoms with Crippen LogP contribution in [0.15, 0.2) is 24.3 Å². The van der Waals surface area contributed by atoms with E-state index in [2.05, 4.69) is 12.1 Å². The van der Waals surface area contributed by atoms with Crippen molar-refractivity contribution in [2.45, 2.75) is 52.6 Å². The number of hydrogen-bond acceptors (Lipinski definition) is 2. The number of aryl methyl sites for hydroxylation is 1. The van der Waals surface area contributed by atoms with Crippen molar-refractivity contribution < 1.29 is 9.53 Å². The second-order valence-corrected chi connectivity index (χ2v) is 6.13. The van der Waals surface area contributed by atoms with Gasteiger partial charge in [-0.2, -0.15) is 0 Å². The molecule has 0 unspecified atom stereocenters. The fourth-order valence-electron chi connectivity index (χ4n) is 1.75. The lowest BCUT2D eigenvalue weighted by Crippen LogP contribution is -2.20. The van der Waals surface area contributed by atoms with E-state index >= 15 is 0 Å². The highest BCUT2D eigenvalue weighted by atomic mass is 16.5. The highest BCUT2D eigenvalue weighted by molar-refractivity contribution is 5.83. The first-order valence-corrected chi connectivity index (χ1v) is 6.74. The topological polar surface area (TPSA) is 26.3 Å². The van der Waals surface area contributed by atoms with E-state index in [-0.39, 0.29) is 5.41 Å². The van der Waals surface area contributed by atoms with E-state index in [9.17, 15) is 4.79 Å². The average Bonchev–Trinajstić information content (AvgIpc) is 3.10. The van der Waals surface area contributed by atoms with Gasteiger partial charge in [-0.25, -0.2) is 0 Å². The molecule has 1 aliphatic carbocycles. The van der Waals surface area contributed by atoms with Gasteiger partial charge < -0.3 is 4.74 Å². The van der Waals surface area contributed by atoms with Crippen LogP contribution in [-0.4, -0.2) is 11.9 Å². The first kappa shape index (κ1) is 13.1. The maximum Gasteiger partial charge on any atom is 0.138 e. The Kier molecular flexibility index (Phi) is 3.74. The van der Waals surface area contributed by atoms with Gasteiger partial charge in [0, 0.05) is 11.8 Å². The molecule has 0 aliphatic heterocycles. The lowest BCUT2D eigenvalue weighted by atomic mass is 9.87. The Morgan fingerprint density at radius 1 is 1.22 bits per heavy atom. The third kappa shape index (κ3) is 3.86. The molecule has 0 amide bonds. The molecule has 1 aromatic carbocycles. The first-order chi connectivity index (χ1) is 8.45. The van der Waals surface area contributed by atoms with E-state index in [0.717, 1.165) is 12.2 Å². The van der Waals surface area contributed by atoms with Crippen molar-refractivity contribution in [3.8, 4) is 5.75 Å². The zero-order chi connectivity index (χ0) is 13.2. The molecule has 2 rings (SSSR count). The molecule has 0 atom stereocenters. The van der Waals surface area contributed by atoms with Crippen LogP contribution in [0.2, 0.25) is 0 Å². The van der Waals surface area contributed by atoms with Crippen LogP contribution in [0.4, 0.5) is 0 Å². The summed E-state index contributed by atoms with van der Waals surface area (Å²) in [6.45, 7) is 5.92. The van der Waals surface area contributed by atoms with Crippen molar-refractivity contribution in [2.75, 3.05) is 0 Å². The predicted octanol–water partition coefficient (Wildman–Crippen LogP) is 3.78. The van der Waals surface area contributed by atoms with Gasteiger partial charge in [0.25, 0.3) is 0 Å². The summed E-state index contributed by atoms with van der Waals surface area (Å²) in [6.07, 6.45) is 4.24. The summed E-state index contributed by atoms with van der Waals surface area (Å²) >= 11 is 0. The molecule has 1 aromatic rings. The summed E-state index contributed by atoms with van der Waals surface area (Å²) in [5.74, 6) is 1.27. The molecule has 0 heterocycles. The van der Waals surface area contributed by atoms with Crippen LogP contribution in [0.25, 0.3) is 0 Å². The van der Waals surface area contributed by atoms with Crippen molar-refractivity contribution in [2.24, 2.45) is 5.41 Å². The van der Waals surface area contributed by atoms with Gasteiger partial charge in [-0.05, 0) is 37.0 Å². The summed E-state index contributed by atoms with van der Waals surface area (Å²) in [4.78, 5) is 11.8. The monoisotopic (exact) mass is 246 g/mol. The quantitative estimate of drug-likeness (QED) is 0.790. The SMILES string of the molecule is CC(C)(C)C(=O)CCc1ccc(OC2CC2)cc1. The predicted molar refractivity (Wildman–Crippen MR) is 72.9 cm³/mol. The normalized spacial score (nSPS) is 15.5. The molecule has 1 aliphatic rings. The molecule has 0 N–H and O–H groups in total. The van der Waals surface area contributed by atoms with Gasteiger partial charge in [0.2, 0.25) is 0 Å². The number of ether oxygens (including phenoxy) is 1. The molecule has 0 bridgehead atoms. The van der Waals surface area contributed by atoms with E-state index in [0.29, 0.717) is 18.3 Å². The van der Waals surface area contributed by atoms with Gasteiger partial charge in [-0.15, -0.1) is 0 Å². The molecule has 0 radical (unpaired) electrons. The third-order valence-electron chi connectivity index (χ3n) is 3.23. The first-order valence-electron chi connectivity index (χ1n) is 6.74. The second kappa shape index (κ2) is 5.13. The van der Waals surface area contributed by atoms with E-state index in [1.54, 1.807) is 0 Å². The van der Waals surface area contributed by atoms with Crippen LogP contribution in [-0.2, 0) is 11.2 Å². The molecule has 1 fully saturated rings. The average molecular weight is 246 g/mol. The summed E-state index contributed by atoms with van der Waals surface area (Å²) in [7, 11) is 0. The van der Waals surface area contributed by atoms with Crippen LogP contribution < -0.4 is 4.74 Å². The lowest BCUT2D eigenvalue weighted by molar-refractivity contribution is -0.126. The lowest BCUT2D eigenvalue weighted by Gasteiger charge is -2.16. The van der Waals surface area contributed by atoms with Gasteiger partial charge in [0.15, 0.2) is 0 Å². The number of carbonyl (C=O) groups excluding carboxylic acids is 1. The molecule has 18 heavy (non-hydrogen) atoms. The minimum atomic E-state index is -0.227. The van der Waals surface area contributed by atoms with Gasteiger partial charge in [-0.3, -0.25) is 4.79 Å². The molecule has 0 saturated heterocycles. The van der Waals surface area contributed by atoms with Crippen LogP contribution in [0.1, 0.15) is 45.6 Å². The Labute approximate surface area is 109 Å². The largest absolute Gasteiger partial charge is 0.490 e. The van der Waals surface area contributed by atoms with Crippen molar-refractivity contribution in [3.63, 3.8) is 0 Å². The van der Waals surface area contributed by atoms with Gasteiger partial charge in [0.05, 0.1) is 6.10 Å². The second-order valence-electron chi connectivity index (χ2n) is 6.13. The number of rotatable bonds is 5. The number of carbonyl (C=O) groups is 1. The van der Waals surface area contributed by atoms with E-state index in [1.165, 1.54) is 18.4 Å². The summed E-state index contributed by atoms with van der Waals surface area (Å²) in [5, 5.41) is 0. The zero-order valence-electron chi connectivity index (χ0n) is 11.5. The van der Waals surface area contributed by atoms with Crippen LogP contribution >= 0.6 is 0 Å². The smallest absolute Gasteiger partial charge is 0.138 e. The summed E-state index contributed by atoms with van der Waals surface area (Å²) in [6, 6.07) is 8.14. The van der Waals surface area contributed by atoms with E-state index in [4.69, 9.17) is 4.74 Å². The summed E-state index contributed by atoms with van der Waals surface area (Å²) in [5.41, 5.74) is 0.977. The Balaban J connectivity index is 1.84. The Morgan fingerprint density at radius 3 is 2.33 bits per heavy atom. The number of Topliss-reactive ketones (excluding diaryl/α,β-unsaturated/α-hetero) is 1. The third-order valence-corrected chi connectivity index (χ3v) is 3.23. The van der Waals surface area contributed by atoms with Crippen molar-refractivity contribution >= 4 is 5.78 Å². The van der Waals surface area contributed by atoms with Crippen molar-refractivity contribution in [1.29, 1.82) is 0 Å². The highest BCUT2D eigenvalue weighted by Gasteiger charge is 2.23. The fourth-order valence-corrected chi connectivity index (χ4v) is 1.75. The molecular weight excluding hydrogens is 224 g/mol. The molecule has 1 saturated carbocycles. The maximum absolute atomic E-state index is 11.8. The van der Waals surface area contributed by atoms with Gasteiger partial charge in [0.1, 0.15) is 11.5 Å². The van der Waals surface area contributed by atoms with Gasteiger partial charge >= 0.3 is 0 Å². The molecular formula is C16H22O2. The Hall–Kier alpha value is -1.31. The van der Waals surface area contributed by atoms with Gasteiger partial charge in [-0.1, -0.05) is 32.9 Å². The Bertz CT molecular complexity index is 408. The van der Waals surface area contributed by atoms with Crippen LogP contribution in [0, 0.1) is 5.41 Å². The fraction of sp³-hybridized carbons (Fsp3) is 0.562. The molecule has 2 heteroatoms. The van der Waals surface area contributed by atoms with Crippen molar-refractivity contribution in [1.82, 2.24) is 0 Å². The minimum absolute atomic E-state index is 0.227. The van der Waals surface area contributed by atoms with Crippen molar-refractivity contribution in [3.05, 3.63) is 29.8 Å². The number of benzene rings is 1. The molecule has 0 spiro atoms. The highest BCUT2D eigenvalue weighted by Crippen LogP contribution is 2.27. The Morgan fingerprint density at radius 2 is 1.83 bits per heavy atom. The molecule has 98 valence electrons. The van der Waals surface area contributed by atoms with E-state index < -0.39 is 0 Å². The molecule has 2 nitrogen and oxygen atoms in total. The minimum Gasteiger partial charge on any atom is -0.490 e. The molecule has 0 aromatic heterocycles. The van der Waals surface area contributed by atoms with Crippen LogP contribution in [0.3, 0.4) is 0 Å². The standard InChI is InChI=1S/C16H22O2/c1-16(2,3)15(17)11-6-12-4-7-13(8-5-12)18-14-9-10-14/h4-5,7-8,14H,6,9-11H2,1-3H3. The van der Waals surface area contributed by atoms with Crippen LogP contribution in [0.5, 0.6) is 5.75 Å². The maximum atomic E-state index is 11.8.